The van der Waals surface area contributed by atoms with Gasteiger partial charge in [0.15, 0.2) is 0 Å². The summed E-state index contributed by atoms with van der Waals surface area (Å²) in [5.74, 6) is -2.08. The molecule has 0 saturated carbocycles. The van der Waals surface area contributed by atoms with Crippen LogP contribution in [0.25, 0.3) is 11.0 Å². The van der Waals surface area contributed by atoms with Crippen LogP contribution in [0.15, 0.2) is 77.6 Å². The summed E-state index contributed by atoms with van der Waals surface area (Å²) in [6, 6.07) is 20.1. The van der Waals surface area contributed by atoms with Crippen molar-refractivity contribution in [1.29, 1.82) is 0 Å². The Morgan fingerprint density at radius 2 is 1.50 bits per heavy atom. The number of amides is 3. The maximum Gasteiger partial charge on any atom is 0.329 e. The number of fused-ring (bicyclic) bond motifs is 1. The highest BCUT2D eigenvalue weighted by Crippen LogP contribution is 2.27. The standard InChI is InChI=1S/C30H29Cl2N5O5/c31-21-9-6-10-22(32)26(21)27(38)34-23(28(39)40)17-33-29(41)35-15-13-20(14-16-35)37-25-12-5-4-11-24(25)36(30(37)42)18-19-7-2-1-3-8-19/h1-12,20,23H,13-18H2,(H,33,41)(H,34,38)(H,39,40). The number of hydrogen-bond donors (Lipinski definition) is 3. The van der Waals surface area contributed by atoms with Crippen LogP contribution >= 0.6 is 23.2 Å². The number of aliphatic carboxylic acids is 1. The maximum atomic E-state index is 13.6. The van der Waals surface area contributed by atoms with Crippen molar-refractivity contribution < 1.29 is 19.5 Å². The molecule has 0 radical (unpaired) electrons. The Labute approximate surface area is 251 Å². The van der Waals surface area contributed by atoms with Gasteiger partial charge in [-0.15, -0.1) is 0 Å². The molecule has 1 unspecified atom stereocenters. The fraction of sp³-hybridized carbons (Fsp3) is 0.267. The van der Waals surface area contributed by atoms with Crippen LogP contribution in [0.1, 0.15) is 34.8 Å². The van der Waals surface area contributed by atoms with Gasteiger partial charge in [0.05, 0.1) is 39.7 Å². The van der Waals surface area contributed by atoms with Gasteiger partial charge in [0, 0.05) is 19.1 Å². The Balaban J connectivity index is 1.22. The zero-order valence-electron chi connectivity index (χ0n) is 22.5. The van der Waals surface area contributed by atoms with Gasteiger partial charge in [0.1, 0.15) is 6.04 Å². The number of nitrogens with zero attached hydrogens (tertiary/aromatic N) is 3. The highest BCUT2D eigenvalue weighted by molar-refractivity contribution is 6.39. The monoisotopic (exact) mass is 609 g/mol. The summed E-state index contributed by atoms with van der Waals surface area (Å²) >= 11 is 12.1. The molecule has 1 aromatic heterocycles. The lowest BCUT2D eigenvalue weighted by molar-refractivity contribution is -0.139. The van der Waals surface area contributed by atoms with E-state index in [0.717, 1.165) is 16.6 Å². The first-order chi connectivity index (χ1) is 20.2. The van der Waals surface area contributed by atoms with Crippen molar-refractivity contribution in [2.45, 2.75) is 31.5 Å². The molecule has 3 aromatic carbocycles. The zero-order chi connectivity index (χ0) is 29.8. The molecule has 1 atom stereocenters. The minimum Gasteiger partial charge on any atom is -0.480 e. The molecule has 1 aliphatic rings. The van der Waals surface area contributed by atoms with Gasteiger partial charge in [0.2, 0.25) is 0 Å². The first-order valence-corrected chi connectivity index (χ1v) is 14.2. The summed E-state index contributed by atoms with van der Waals surface area (Å²) in [5, 5.41) is 14.7. The zero-order valence-corrected chi connectivity index (χ0v) is 24.0. The molecule has 0 aliphatic carbocycles. The van der Waals surface area contributed by atoms with Crippen molar-refractivity contribution in [2.24, 2.45) is 0 Å². The number of rotatable bonds is 8. The lowest BCUT2D eigenvalue weighted by Gasteiger charge is -2.32. The second-order valence-electron chi connectivity index (χ2n) is 10.1. The van der Waals surface area contributed by atoms with Crippen LogP contribution in [0, 0.1) is 0 Å². The van der Waals surface area contributed by atoms with E-state index in [2.05, 4.69) is 10.6 Å². The molecule has 10 nitrogen and oxygen atoms in total. The number of likely N-dealkylation sites (tertiary alicyclic amines) is 1. The summed E-state index contributed by atoms with van der Waals surface area (Å²) in [5.41, 5.74) is 2.59. The van der Waals surface area contributed by atoms with Crippen molar-refractivity contribution in [3.63, 3.8) is 0 Å². The number of carboxylic acids is 1. The minimum atomic E-state index is -1.40. The summed E-state index contributed by atoms with van der Waals surface area (Å²) in [6.45, 7) is 0.869. The van der Waals surface area contributed by atoms with Gasteiger partial charge in [-0.1, -0.05) is 71.7 Å². The molecule has 42 heavy (non-hydrogen) atoms. The van der Waals surface area contributed by atoms with Crippen molar-refractivity contribution in [1.82, 2.24) is 24.7 Å². The third-order valence-electron chi connectivity index (χ3n) is 7.42. The van der Waals surface area contributed by atoms with E-state index in [1.54, 1.807) is 15.5 Å². The van der Waals surface area contributed by atoms with Crippen molar-refractivity contribution in [2.75, 3.05) is 19.6 Å². The molecule has 1 fully saturated rings. The molecule has 0 spiro atoms. The third kappa shape index (κ3) is 6.14. The van der Waals surface area contributed by atoms with Crippen LogP contribution in [0.5, 0.6) is 0 Å². The average molecular weight is 610 g/mol. The van der Waals surface area contributed by atoms with Crippen molar-refractivity contribution >= 4 is 52.1 Å². The number of hydrogen-bond acceptors (Lipinski definition) is 4. The molecule has 2 heterocycles. The molecule has 1 aliphatic heterocycles. The van der Waals surface area contributed by atoms with Gasteiger partial charge in [-0.2, -0.15) is 0 Å². The Kier molecular flexibility index (Phi) is 8.84. The first-order valence-electron chi connectivity index (χ1n) is 13.5. The van der Waals surface area contributed by atoms with Crippen molar-refractivity contribution in [3.05, 3.63) is 104 Å². The molecule has 3 N–H and O–H groups in total. The normalized spacial score (nSPS) is 14.5. The van der Waals surface area contributed by atoms with Crippen LogP contribution in [-0.4, -0.2) is 62.7 Å². The fourth-order valence-corrected chi connectivity index (χ4v) is 5.85. The quantitative estimate of drug-likeness (QED) is 0.273. The predicted molar refractivity (Wildman–Crippen MR) is 160 cm³/mol. The Bertz CT molecular complexity index is 1660. The van der Waals surface area contributed by atoms with Crippen molar-refractivity contribution in [3.8, 4) is 0 Å². The summed E-state index contributed by atoms with van der Waals surface area (Å²) in [4.78, 5) is 52.5. The highest BCUT2D eigenvalue weighted by atomic mass is 35.5. The smallest absolute Gasteiger partial charge is 0.329 e. The summed E-state index contributed by atoms with van der Waals surface area (Å²) in [6.07, 6.45) is 1.10. The number of aromatic nitrogens is 2. The van der Waals surface area contributed by atoms with Crippen LogP contribution in [0.2, 0.25) is 10.0 Å². The Morgan fingerprint density at radius 1 is 0.881 bits per heavy atom. The predicted octanol–water partition coefficient (Wildman–Crippen LogP) is 4.39. The van der Waals surface area contributed by atoms with E-state index in [4.69, 9.17) is 23.2 Å². The number of para-hydroxylation sites is 2. The summed E-state index contributed by atoms with van der Waals surface area (Å²) in [7, 11) is 0. The van der Waals surface area contributed by atoms with E-state index in [1.165, 1.54) is 12.1 Å². The lowest BCUT2D eigenvalue weighted by atomic mass is 10.0. The fourth-order valence-electron chi connectivity index (χ4n) is 5.28. The molecular formula is C30H29Cl2N5O5. The Hall–Kier alpha value is -4.28. The van der Waals surface area contributed by atoms with Gasteiger partial charge < -0.3 is 20.6 Å². The molecule has 4 aromatic rings. The molecule has 1 saturated heterocycles. The number of carbonyl (C=O) groups excluding carboxylic acids is 2. The molecule has 0 bridgehead atoms. The van der Waals surface area contributed by atoms with Gasteiger partial charge in [0.25, 0.3) is 5.91 Å². The number of nitrogens with one attached hydrogen (secondary N) is 2. The van der Waals surface area contributed by atoms with Gasteiger partial charge in [-0.25, -0.2) is 14.4 Å². The molecule has 12 heteroatoms. The van der Waals surface area contributed by atoms with E-state index < -0.39 is 23.9 Å². The van der Waals surface area contributed by atoms with Gasteiger partial charge in [-0.3, -0.25) is 13.9 Å². The highest BCUT2D eigenvalue weighted by Gasteiger charge is 2.29. The average Bonchev–Trinajstić information content (AvgIpc) is 3.26. The SMILES string of the molecule is O=C(NC(CNC(=O)N1CCC(n2c(=O)n(Cc3ccccc3)c3ccccc32)CC1)C(=O)O)c1c(Cl)cccc1Cl. The van der Waals surface area contributed by atoms with E-state index in [1.807, 2.05) is 59.2 Å². The van der Waals surface area contributed by atoms with E-state index in [-0.39, 0.29) is 33.9 Å². The topological polar surface area (TPSA) is 126 Å². The molecule has 218 valence electrons. The lowest BCUT2D eigenvalue weighted by Crippen LogP contribution is -2.52. The van der Waals surface area contributed by atoms with Crippen LogP contribution in [0.4, 0.5) is 4.79 Å². The van der Waals surface area contributed by atoms with E-state index in [0.29, 0.717) is 32.5 Å². The maximum absolute atomic E-state index is 13.6. The largest absolute Gasteiger partial charge is 0.480 e. The number of benzene rings is 3. The number of imidazole rings is 1. The van der Waals surface area contributed by atoms with Crippen LogP contribution < -0.4 is 16.3 Å². The Morgan fingerprint density at radius 3 is 2.14 bits per heavy atom. The molecule has 3 amide bonds. The number of urea groups is 1. The van der Waals surface area contributed by atoms with Gasteiger partial charge >= 0.3 is 17.7 Å². The number of carboxylic acid groups (broad SMARTS) is 1. The number of piperidine rings is 1. The van der Waals surface area contributed by atoms with E-state index >= 15 is 0 Å². The van der Waals surface area contributed by atoms with Gasteiger partial charge in [-0.05, 0) is 42.7 Å². The minimum absolute atomic E-state index is 0.0409. The number of carbonyl (C=O) groups is 3. The van der Waals surface area contributed by atoms with Crippen LogP contribution in [0.3, 0.4) is 0 Å². The molecular weight excluding hydrogens is 581 g/mol. The second kappa shape index (κ2) is 12.7. The first kappa shape index (κ1) is 29.2. The van der Waals surface area contributed by atoms with Crippen LogP contribution in [-0.2, 0) is 11.3 Å². The summed E-state index contributed by atoms with van der Waals surface area (Å²) < 4.78 is 3.60. The third-order valence-corrected chi connectivity index (χ3v) is 8.05. The second-order valence-corrected chi connectivity index (χ2v) is 10.9. The molecule has 5 rings (SSSR count). The number of halogens is 2. The van der Waals surface area contributed by atoms with E-state index in [9.17, 15) is 24.3 Å².